The van der Waals surface area contributed by atoms with E-state index < -0.39 is 23.4 Å². The van der Waals surface area contributed by atoms with Crippen molar-refractivity contribution in [2.45, 2.75) is 298 Å². The van der Waals surface area contributed by atoms with Gasteiger partial charge in [-0.15, -0.1) is 4.99 Å². The summed E-state index contributed by atoms with van der Waals surface area (Å²) in [6.45, 7) is 20.8. The van der Waals surface area contributed by atoms with E-state index in [1.807, 2.05) is 20.8 Å². The van der Waals surface area contributed by atoms with Crippen LogP contribution in [0.5, 0.6) is 0 Å². The highest BCUT2D eigenvalue weighted by Crippen LogP contribution is 2.20. The summed E-state index contributed by atoms with van der Waals surface area (Å²) >= 11 is 0. The molecule has 13 nitrogen and oxygen atoms in total. The third-order valence-corrected chi connectivity index (χ3v) is 12.8. The molecule has 418 valence electrons. The number of hydrogen-bond donors (Lipinski definition) is 0. The van der Waals surface area contributed by atoms with E-state index in [0.29, 0.717) is 25.9 Å². The lowest BCUT2D eigenvalue weighted by atomic mass is 10.0. The number of esters is 2. The van der Waals surface area contributed by atoms with Gasteiger partial charge in [0.1, 0.15) is 17.3 Å². The van der Waals surface area contributed by atoms with E-state index in [-0.39, 0.29) is 30.5 Å². The molecule has 0 saturated heterocycles. The van der Waals surface area contributed by atoms with Crippen molar-refractivity contribution in [2.24, 2.45) is 4.99 Å². The number of carbonyl (C=O) groups is 4. The molecule has 1 aromatic rings. The van der Waals surface area contributed by atoms with Crippen molar-refractivity contribution in [3.05, 3.63) is 18.5 Å². The standard InChI is InChI=1S/C59H109N5O8/c1-10-13-16-19-22-31-38-51-69-53(65)43-34-27-23-29-36-46-62(48-40-49-63(57(68)72-59(7,8)9)55(64-50-39-45-60-64)61-56(67)71-58(4,5)6)47-37-30-24-28-35-44-54(66)70-52(41-32-25-20-17-14-11-2)42-33-26-21-18-15-12-3/h39,45,50,52H,10-38,40-44,46-49,51H2,1-9H3/b61-55-. The minimum absolute atomic E-state index is 0.0201. The van der Waals surface area contributed by atoms with Gasteiger partial charge in [0.25, 0.3) is 0 Å². The van der Waals surface area contributed by atoms with Crippen LogP contribution < -0.4 is 0 Å². The average Bonchev–Trinajstić information content (AvgIpc) is 3.86. The van der Waals surface area contributed by atoms with Crippen LogP contribution in [0.3, 0.4) is 0 Å². The molecule has 0 aliphatic carbocycles. The Bertz CT molecular complexity index is 1510. The van der Waals surface area contributed by atoms with Crippen LogP contribution in [0.2, 0.25) is 0 Å². The zero-order valence-electron chi connectivity index (χ0n) is 47.9. The first-order valence-electron chi connectivity index (χ1n) is 29.5. The molecule has 0 spiro atoms. The summed E-state index contributed by atoms with van der Waals surface area (Å²) in [6, 6.07) is 1.71. The summed E-state index contributed by atoms with van der Waals surface area (Å²) in [5, 5.41) is 4.32. The third-order valence-electron chi connectivity index (χ3n) is 12.8. The Hall–Kier alpha value is -3.48. The summed E-state index contributed by atoms with van der Waals surface area (Å²) in [5.74, 6) is -0.0912. The summed E-state index contributed by atoms with van der Waals surface area (Å²) in [7, 11) is 0. The summed E-state index contributed by atoms with van der Waals surface area (Å²) < 4.78 is 24.4. The Kier molecular flexibility index (Phi) is 39.6. The van der Waals surface area contributed by atoms with Gasteiger partial charge in [0.2, 0.25) is 5.96 Å². The summed E-state index contributed by atoms with van der Waals surface area (Å²) in [5.41, 5.74) is -1.56. The molecule has 2 amide bonds. The first-order valence-corrected chi connectivity index (χ1v) is 29.5. The first-order chi connectivity index (χ1) is 34.6. The Morgan fingerprint density at radius 1 is 0.528 bits per heavy atom. The van der Waals surface area contributed by atoms with E-state index >= 15 is 0 Å². The van der Waals surface area contributed by atoms with E-state index in [1.165, 1.54) is 106 Å². The molecule has 0 N–H and O–H groups in total. The Morgan fingerprint density at radius 2 is 0.972 bits per heavy atom. The Labute approximate surface area is 440 Å². The fourth-order valence-corrected chi connectivity index (χ4v) is 8.77. The van der Waals surface area contributed by atoms with Crippen molar-refractivity contribution in [1.82, 2.24) is 19.6 Å². The van der Waals surface area contributed by atoms with Crippen LogP contribution in [-0.4, -0.2) is 99.8 Å². The number of rotatable bonds is 43. The van der Waals surface area contributed by atoms with Gasteiger partial charge in [0, 0.05) is 31.8 Å². The van der Waals surface area contributed by atoms with Gasteiger partial charge in [0.05, 0.1) is 6.61 Å². The maximum atomic E-state index is 13.8. The summed E-state index contributed by atoms with van der Waals surface area (Å²) in [6.07, 6.45) is 38.8. The van der Waals surface area contributed by atoms with Crippen molar-refractivity contribution >= 4 is 30.1 Å². The van der Waals surface area contributed by atoms with Crippen LogP contribution in [-0.2, 0) is 28.5 Å². The van der Waals surface area contributed by atoms with Gasteiger partial charge in [-0.1, -0.05) is 162 Å². The number of ether oxygens (including phenoxy) is 4. The van der Waals surface area contributed by atoms with Gasteiger partial charge in [-0.2, -0.15) is 5.10 Å². The quantitative estimate of drug-likeness (QED) is 0.0204. The second-order valence-electron chi connectivity index (χ2n) is 22.3. The van der Waals surface area contributed by atoms with Crippen molar-refractivity contribution < 1.29 is 38.1 Å². The van der Waals surface area contributed by atoms with Crippen LogP contribution in [0, 0.1) is 0 Å². The topological polar surface area (TPSA) is 142 Å². The predicted octanol–water partition coefficient (Wildman–Crippen LogP) is 16.3. The van der Waals surface area contributed by atoms with Crippen molar-refractivity contribution in [1.29, 1.82) is 0 Å². The molecule has 1 aromatic heterocycles. The lowest BCUT2D eigenvalue weighted by molar-refractivity contribution is -0.150. The molecular weight excluding hydrogens is 907 g/mol. The van der Waals surface area contributed by atoms with Crippen LogP contribution in [0.1, 0.15) is 281 Å². The number of carbonyl (C=O) groups excluding carboxylic acids is 4. The van der Waals surface area contributed by atoms with Crippen molar-refractivity contribution in [3.8, 4) is 0 Å². The number of nitrogens with zero attached hydrogens (tertiary/aromatic N) is 5. The molecular formula is C59H109N5O8. The third kappa shape index (κ3) is 39.0. The van der Waals surface area contributed by atoms with E-state index in [4.69, 9.17) is 18.9 Å². The summed E-state index contributed by atoms with van der Waals surface area (Å²) in [4.78, 5) is 60.3. The van der Waals surface area contributed by atoms with Gasteiger partial charge in [0.15, 0.2) is 0 Å². The predicted molar refractivity (Wildman–Crippen MR) is 296 cm³/mol. The Balaban J connectivity index is 2.84. The zero-order chi connectivity index (χ0) is 53.1. The monoisotopic (exact) mass is 1020 g/mol. The molecule has 72 heavy (non-hydrogen) atoms. The second-order valence-corrected chi connectivity index (χ2v) is 22.3. The fraction of sp³-hybridized carbons (Fsp3) is 0.864. The molecule has 0 saturated carbocycles. The largest absolute Gasteiger partial charge is 0.466 e. The number of amides is 2. The Morgan fingerprint density at radius 3 is 1.46 bits per heavy atom. The number of aliphatic imine (C=N–C) groups is 1. The van der Waals surface area contributed by atoms with Gasteiger partial charge in [-0.25, -0.2) is 19.2 Å². The van der Waals surface area contributed by atoms with Gasteiger partial charge < -0.3 is 23.8 Å². The number of unbranched alkanes of at least 4 members (excludes halogenated alkanes) is 24. The zero-order valence-corrected chi connectivity index (χ0v) is 47.9. The molecule has 0 bridgehead atoms. The highest BCUT2D eigenvalue weighted by atomic mass is 16.6. The molecule has 1 heterocycles. The van der Waals surface area contributed by atoms with E-state index in [1.54, 1.807) is 39.2 Å². The minimum Gasteiger partial charge on any atom is -0.466 e. The van der Waals surface area contributed by atoms with E-state index in [0.717, 1.165) is 122 Å². The SMILES string of the molecule is CCCCCCCCCOC(=O)CCCCCCCN(CCCCCCCC(=O)OC(CCCCCCCC)CCCCCCCC)CCCN(C(=O)OC(C)(C)C)/C(=N/C(=O)OC(C)(C)C)n1cccn1. The molecule has 0 atom stereocenters. The van der Waals surface area contributed by atoms with Crippen LogP contribution in [0.25, 0.3) is 0 Å². The molecule has 0 radical (unpaired) electrons. The molecule has 13 heteroatoms. The normalized spacial score (nSPS) is 12.2. The van der Waals surface area contributed by atoms with Crippen LogP contribution in [0.4, 0.5) is 9.59 Å². The van der Waals surface area contributed by atoms with E-state index in [9.17, 15) is 19.2 Å². The van der Waals surface area contributed by atoms with Gasteiger partial charge in [-0.05, 0) is 131 Å². The number of aromatic nitrogens is 2. The molecule has 1 rings (SSSR count). The molecule has 0 aliphatic rings. The van der Waals surface area contributed by atoms with Gasteiger partial charge >= 0.3 is 24.1 Å². The number of hydrogen-bond acceptors (Lipinski definition) is 10. The maximum absolute atomic E-state index is 13.8. The van der Waals surface area contributed by atoms with Gasteiger partial charge in [-0.3, -0.25) is 9.59 Å². The molecule has 0 fully saturated rings. The smallest absolute Gasteiger partial charge is 0.437 e. The molecule has 0 aromatic carbocycles. The average molecular weight is 1020 g/mol. The lowest BCUT2D eigenvalue weighted by Gasteiger charge is -2.29. The highest BCUT2D eigenvalue weighted by molar-refractivity contribution is 5.99. The maximum Gasteiger partial charge on any atom is 0.437 e. The van der Waals surface area contributed by atoms with Crippen molar-refractivity contribution in [3.63, 3.8) is 0 Å². The minimum atomic E-state index is -0.823. The van der Waals surface area contributed by atoms with Crippen molar-refractivity contribution in [2.75, 3.05) is 32.8 Å². The highest BCUT2D eigenvalue weighted by Gasteiger charge is 2.29. The van der Waals surface area contributed by atoms with E-state index in [2.05, 4.69) is 35.8 Å². The lowest BCUT2D eigenvalue weighted by Crippen LogP contribution is -2.46. The van der Waals surface area contributed by atoms with Crippen LogP contribution in [0.15, 0.2) is 23.5 Å². The first kappa shape index (κ1) is 66.5. The molecule has 0 aliphatic heterocycles. The molecule has 0 unspecified atom stereocenters. The fourth-order valence-electron chi connectivity index (χ4n) is 8.77. The second kappa shape index (κ2) is 42.8. The van der Waals surface area contributed by atoms with Crippen LogP contribution >= 0.6 is 0 Å².